The summed E-state index contributed by atoms with van der Waals surface area (Å²) in [4.78, 5) is 12.0. The lowest BCUT2D eigenvalue weighted by molar-refractivity contribution is 0.0950. The Bertz CT molecular complexity index is 921. The van der Waals surface area contributed by atoms with Crippen LogP contribution >= 0.6 is 0 Å². The van der Waals surface area contributed by atoms with E-state index in [4.69, 9.17) is 0 Å². The Morgan fingerprint density at radius 1 is 1.07 bits per heavy atom. The molecule has 1 aliphatic heterocycles. The highest BCUT2D eigenvalue weighted by Crippen LogP contribution is 2.24. The van der Waals surface area contributed by atoms with E-state index in [9.17, 15) is 17.6 Å². The molecule has 0 spiro atoms. The maximum atomic E-state index is 14.2. The normalized spacial score (nSPS) is 15.5. The van der Waals surface area contributed by atoms with Crippen molar-refractivity contribution < 1.29 is 17.6 Å². The molecule has 1 fully saturated rings. The summed E-state index contributed by atoms with van der Waals surface area (Å²) in [6, 6.07) is 11.2. The fraction of sp³-hybridized carbons (Fsp3) is 0.350. The summed E-state index contributed by atoms with van der Waals surface area (Å²) in [6.07, 6.45) is 2.49. The average Bonchev–Trinajstić information content (AvgIpc) is 2.68. The van der Waals surface area contributed by atoms with Crippen LogP contribution in [0.3, 0.4) is 0 Å². The van der Waals surface area contributed by atoms with Crippen molar-refractivity contribution in [3.8, 4) is 0 Å². The number of nitrogens with zero attached hydrogens (tertiary/aromatic N) is 1. The second-order valence-corrected chi connectivity index (χ2v) is 8.68. The maximum absolute atomic E-state index is 14.2. The molecular weight excluding hydrogens is 367 g/mol. The number of nitrogens with one attached hydrogen (secondary N) is 1. The molecule has 0 atom stereocenters. The van der Waals surface area contributed by atoms with Gasteiger partial charge in [-0.05, 0) is 43.5 Å². The van der Waals surface area contributed by atoms with Crippen molar-refractivity contribution in [2.75, 3.05) is 13.1 Å². The van der Waals surface area contributed by atoms with Crippen LogP contribution in [0.5, 0.6) is 0 Å². The first-order valence-electron chi connectivity index (χ1n) is 9.01. The molecule has 0 aliphatic carbocycles. The first kappa shape index (κ1) is 19.5. The summed E-state index contributed by atoms with van der Waals surface area (Å²) in [5.41, 5.74) is 2.17. The Morgan fingerprint density at radius 2 is 1.74 bits per heavy atom. The van der Waals surface area contributed by atoms with Crippen LogP contribution in [0, 0.1) is 12.7 Å². The molecule has 3 rings (SSSR count). The second-order valence-electron chi connectivity index (χ2n) is 6.78. The van der Waals surface area contributed by atoms with Crippen LogP contribution in [-0.2, 0) is 16.6 Å². The van der Waals surface area contributed by atoms with E-state index in [-0.39, 0.29) is 5.56 Å². The van der Waals surface area contributed by atoms with Gasteiger partial charge in [-0.3, -0.25) is 4.79 Å². The number of carbonyl (C=O) groups is 1. The topological polar surface area (TPSA) is 66.5 Å². The zero-order valence-electron chi connectivity index (χ0n) is 15.2. The van der Waals surface area contributed by atoms with Crippen molar-refractivity contribution in [1.29, 1.82) is 0 Å². The summed E-state index contributed by atoms with van der Waals surface area (Å²) in [5.74, 6) is -1.28. The van der Waals surface area contributed by atoms with Crippen LogP contribution < -0.4 is 5.32 Å². The molecule has 0 saturated carbocycles. The molecule has 0 aromatic heterocycles. The summed E-state index contributed by atoms with van der Waals surface area (Å²) < 4.78 is 41.0. The van der Waals surface area contributed by atoms with Crippen LogP contribution in [-0.4, -0.2) is 31.7 Å². The van der Waals surface area contributed by atoms with Crippen molar-refractivity contribution >= 4 is 15.9 Å². The number of hydrogen-bond donors (Lipinski definition) is 1. The molecule has 1 saturated heterocycles. The highest BCUT2D eigenvalue weighted by molar-refractivity contribution is 7.89. The lowest BCUT2D eigenvalue weighted by atomic mass is 10.1. The Hall–Kier alpha value is -2.25. The summed E-state index contributed by atoms with van der Waals surface area (Å²) >= 11 is 0. The van der Waals surface area contributed by atoms with E-state index in [1.807, 2.05) is 31.2 Å². The van der Waals surface area contributed by atoms with E-state index < -0.39 is 26.6 Å². The predicted octanol–water partition coefficient (Wildman–Crippen LogP) is 3.24. The third-order valence-electron chi connectivity index (χ3n) is 4.70. The van der Waals surface area contributed by atoms with Gasteiger partial charge in [0.25, 0.3) is 5.91 Å². The van der Waals surface area contributed by atoms with E-state index in [1.54, 1.807) is 0 Å². The van der Waals surface area contributed by atoms with E-state index in [0.717, 1.165) is 42.5 Å². The third-order valence-corrected chi connectivity index (χ3v) is 6.61. The molecule has 0 radical (unpaired) electrons. The van der Waals surface area contributed by atoms with Crippen molar-refractivity contribution in [3.05, 3.63) is 65.0 Å². The molecule has 144 valence electrons. The van der Waals surface area contributed by atoms with Crippen molar-refractivity contribution in [2.24, 2.45) is 0 Å². The minimum Gasteiger partial charge on any atom is -0.348 e. The van der Waals surface area contributed by atoms with Gasteiger partial charge in [-0.1, -0.05) is 36.2 Å². The van der Waals surface area contributed by atoms with Crippen LogP contribution in [0.4, 0.5) is 4.39 Å². The SMILES string of the molecule is Cc1ccc(CNC(=O)c2ccc(F)c(S(=O)(=O)N3CCCCC3)c2)cc1. The fourth-order valence-corrected chi connectivity index (χ4v) is 4.68. The van der Waals surface area contributed by atoms with Crippen LogP contribution in [0.2, 0.25) is 0 Å². The number of rotatable bonds is 5. The van der Waals surface area contributed by atoms with Crippen LogP contribution in [0.15, 0.2) is 47.4 Å². The number of halogens is 1. The lowest BCUT2D eigenvalue weighted by Gasteiger charge is -2.26. The lowest BCUT2D eigenvalue weighted by Crippen LogP contribution is -2.36. The minimum absolute atomic E-state index is 0.124. The largest absolute Gasteiger partial charge is 0.348 e. The number of amides is 1. The van der Waals surface area contributed by atoms with Gasteiger partial charge >= 0.3 is 0 Å². The number of carbonyl (C=O) groups excluding carboxylic acids is 1. The first-order chi connectivity index (χ1) is 12.9. The molecule has 27 heavy (non-hydrogen) atoms. The Morgan fingerprint density at radius 3 is 2.41 bits per heavy atom. The third kappa shape index (κ3) is 4.54. The summed E-state index contributed by atoms with van der Waals surface area (Å²) in [7, 11) is -3.94. The van der Waals surface area contributed by atoms with Gasteiger partial charge in [0.2, 0.25) is 10.0 Å². The van der Waals surface area contributed by atoms with E-state index >= 15 is 0 Å². The molecular formula is C20H23FN2O3S. The van der Waals surface area contributed by atoms with Gasteiger partial charge in [-0.2, -0.15) is 4.31 Å². The maximum Gasteiger partial charge on any atom is 0.251 e. The van der Waals surface area contributed by atoms with Crippen molar-refractivity contribution in [3.63, 3.8) is 0 Å². The van der Waals surface area contributed by atoms with Gasteiger partial charge in [-0.15, -0.1) is 0 Å². The Labute approximate surface area is 159 Å². The molecule has 0 unspecified atom stereocenters. The molecule has 1 heterocycles. The van der Waals surface area contributed by atoms with E-state index in [0.29, 0.717) is 19.6 Å². The van der Waals surface area contributed by atoms with Crippen LogP contribution in [0.25, 0.3) is 0 Å². The van der Waals surface area contributed by atoms with Crippen molar-refractivity contribution in [2.45, 2.75) is 37.6 Å². The van der Waals surface area contributed by atoms with Gasteiger partial charge < -0.3 is 5.32 Å². The number of hydrogen-bond acceptors (Lipinski definition) is 3. The van der Waals surface area contributed by atoms with Gasteiger partial charge in [0.05, 0.1) is 0 Å². The molecule has 2 aromatic rings. The summed E-state index contributed by atoms with van der Waals surface area (Å²) in [5, 5.41) is 2.74. The minimum atomic E-state index is -3.94. The van der Waals surface area contributed by atoms with Gasteiger partial charge in [-0.25, -0.2) is 12.8 Å². The smallest absolute Gasteiger partial charge is 0.251 e. The number of aryl methyl sites for hydroxylation is 1. The average molecular weight is 390 g/mol. The number of piperidine rings is 1. The zero-order chi connectivity index (χ0) is 19.4. The highest BCUT2D eigenvalue weighted by Gasteiger charge is 2.29. The molecule has 1 aliphatic rings. The monoisotopic (exact) mass is 390 g/mol. The molecule has 1 amide bonds. The zero-order valence-corrected chi connectivity index (χ0v) is 16.1. The number of benzene rings is 2. The fourth-order valence-electron chi connectivity index (χ4n) is 3.08. The van der Waals surface area contributed by atoms with E-state index in [1.165, 1.54) is 10.4 Å². The molecule has 0 bridgehead atoms. The van der Waals surface area contributed by atoms with Crippen molar-refractivity contribution in [1.82, 2.24) is 9.62 Å². The van der Waals surface area contributed by atoms with Gasteiger partial charge in [0.15, 0.2) is 0 Å². The highest BCUT2D eigenvalue weighted by atomic mass is 32.2. The Balaban J connectivity index is 1.77. The van der Waals surface area contributed by atoms with Gasteiger partial charge in [0.1, 0.15) is 10.7 Å². The number of sulfonamides is 1. The molecule has 2 aromatic carbocycles. The van der Waals surface area contributed by atoms with E-state index in [2.05, 4.69) is 5.32 Å². The molecule has 1 N–H and O–H groups in total. The summed E-state index contributed by atoms with van der Waals surface area (Å²) in [6.45, 7) is 3.05. The van der Waals surface area contributed by atoms with Gasteiger partial charge in [0, 0.05) is 25.2 Å². The Kier molecular flexibility index (Phi) is 5.92. The first-order valence-corrected chi connectivity index (χ1v) is 10.5. The standard InChI is InChI=1S/C20H23FN2O3S/c1-15-5-7-16(8-6-15)14-22-20(24)17-9-10-18(21)19(13-17)27(25,26)23-11-3-2-4-12-23/h5-10,13H,2-4,11-12,14H2,1H3,(H,22,24). The quantitative estimate of drug-likeness (QED) is 0.852. The molecule has 7 heteroatoms. The van der Waals surface area contributed by atoms with Crippen LogP contribution in [0.1, 0.15) is 40.7 Å². The molecule has 5 nitrogen and oxygen atoms in total. The second kappa shape index (κ2) is 8.19. The predicted molar refractivity (Wildman–Crippen MR) is 101 cm³/mol.